The molecule has 0 radical (unpaired) electrons. The average molecular weight is 249 g/mol. The van der Waals surface area contributed by atoms with Crippen LogP contribution in [0.1, 0.15) is 65.2 Å². The van der Waals surface area contributed by atoms with E-state index in [4.69, 9.17) is 0 Å². The third kappa shape index (κ3) is 2.31. The number of nitrogens with one attached hydrogen (secondary N) is 1. The lowest BCUT2D eigenvalue weighted by atomic mass is 9.63. The van der Waals surface area contributed by atoms with Crippen molar-refractivity contribution in [2.24, 2.45) is 23.2 Å². The topological polar surface area (TPSA) is 29.1 Å². The van der Waals surface area contributed by atoms with E-state index >= 15 is 0 Å². The van der Waals surface area contributed by atoms with Crippen molar-refractivity contribution in [3.8, 4) is 0 Å². The monoisotopic (exact) mass is 249 g/mol. The zero-order chi connectivity index (χ0) is 12.8. The highest BCUT2D eigenvalue weighted by Crippen LogP contribution is 2.54. The molecule has 2 saturated carbocycles. The molecule has 1 aliphatic heterocycles. The van der Waals surface area contributed by atoms with Crippen LogP contribution in [0.5, 0.6) is 0 Å². The molecule has 1 saturated heterocycles. The van der Waals surface area contributed by atoms with Crippen molar-refractivity contribution in [3.05, 3.63) is 0 Å². The van der Waals surface area contributed by atoms with Gasteiger partial charge in [-0.1, -0.05) is 26.7 Å². The fourth-order valence-corrected chi connectivity index (χ4v) is 4.51. The highest BCUT2D eigenvalue weighted by Gasteiger charge is 2.50. The highest BCUT2D eigenvalue weighted by atomic mass is 16.2. The van der Waals surface area contributed by atoms with Gasteiger partial charge in [-0.05, 0) is 55.3 Å². The quantitative estimate of drug-likeness (QED) is 0.815. The standard InChI is InChI=1S/C16H27NO/c1-11(2)8-14-16(10-15(18)17-14)7-3-4-13(9-16)12-5-6-12/h11-14H,3-10H2,1-2H3,(H,17,18). The largest absolute Gasteiger partial charge is 0.353 e. The van der Waals surface area contributed by atoms with Gasteiger partial charge < -0.3 is 5.32 Å². The van der Waals surface area contributed by atoms with Crippen LogP contribution >= 0.6 is 0 Å². The molecule has 2 aliphatic carbocycles. The summed E-state index contributed by atoms with van der Waals surface area (Å²) in [6.07, 6.45) is 10.3. The van der Waals surface area contributed by atoms with Crippen molar-refractivity contribution in [1.29, 1.82) is 0 Å². The lowest BCUT2D eigenvalue weighted by molar-refractivity contribution is -0.120. The minimum Gasteiger partial charge on any atom is -0.353 e. The summed E-state index contributed by atoms with van der Waals surface area (Å²) in [5.74, 6) is 2.95. The van der Waals surface area contributed by atoms with Crippen LogP contribution in [0.4, 0.5) is 0 Å². The third-order valence-electron chi connectivity index (χ3n) is 5.50. The molecule has 3 atom stereocenters. The summed E-state index contributed by atoms with van der Waals surface area (Å²) >= 11 is 0. The molecule has 0 aromatic carbocycles. The summed E-state index contributed by atoms with van der Waals surface area (Å²) in [5.41, 5.74) is 0.326. The van der Waals surface area contributed by atoms with E-state index in [0.717, 1.165) is 18.3 Å². The Hall–Kier alpha value is -0.530. The Labute approximate surface area is 111 Å². The fourth-order valence-electron chi connectivity index (χ4n) is 4.51. The Balaban J connectivity index is 1.75. The van der Waals surface area contributed by atoms with Crippen molar-refractivity contribution in [3.63, 3.8) is 0 Å². The van der Waals surface area contributed by atoms with Crippen LogP contribution in [0.3, 0.4) is 0 Å². The minimum absolute atomic E-state index is 0.317. The molecule has 3 fully saturated rings. The van der Waals surface area contributed by atoms with E-state index in [9.17, 15) is 4.79 Å². The zero-order valence-corrected chi connectivity index (χ0v) is 11.9. The van der Waals surface area contributed by atoms with E-state index in [-0.39, 0.29) is 0 Å². The second-order valence-corrected chi connectivity index (χ2v) is 7.48. The number of hydrogen-bond acceptors (Lipinski definition) is 1. The van der Waals surface area contributed by atoms with Gasteiger partial charge in [0.05, 0.1) is 0 Å². The van der Waals surface area contributed by atoms with Gasteiger partial charge in [0.2, 0.25) is 5.91 Å². The Morgan fingerprint density at radius 3 is 2.72 bits per heavy atom. The molecule has 1 heterocycles. The molecule has 18 heavy (non-hydrogen) atoms. The van der Waals surface area contributed by atoms with Crippen molar-refractivity contribution in [1.82, 2.24) is 5.32 Å². The Bertz CT molecular complexity index is 334. The molecule has 102 valence electrons. The van der Waals surface area contributed by atoms with E-state index in [1.54, 1.807) is 0 Å². The van der Waals surface area contributed by atoms with Gasteiger partial charge in [-0.2, -0.15) is 0 Å². The fraction of sp³-hybridized carbons (Fsp3) is 0.938. The van der Waals surface area contributed by atoms with Gasteiger partial charge in [-0.25, -0.2) is 0 Å². The first-order chi connectivity index (χ1) is 8.59. The Morgan fingerprint density at radius 2 is 2.06 bits per heavy atom. The lowest BCUT2D eigenvalue weighted by Gasteiger charge is -2.42. The van der Waals surface area contributed by atoms with Crippen molar-refractivity contribution in [2.75, 3.05) is 0 Å². The van der Waals surface area contributed by atoms with Crippen LogP contribution in [-0.4, -0.2) is 11.9 Å². The van der Waals surface area contributed by atoms with E-state index in [1.165, 1.54) is 44.9 Å². The predicted molar refractivity (Wildman–Crippen MR) is 73.1 cm³/mol. The molecule has 0 aromatic heterocycles. The van der Waals surface area contributed by atoms with Crippen LogP contribution in [0.2, 0.25) is 0 Å². The average Bonchev–Trinajstić information content (AvgIpc) is 3.07. The summed E-state index contributed by atoms with van der Waals surface area (Å²) in [7, 11) is 0. The molecular weight excluding hydrogens is 222 g/mol. The first-order valence-electron chi connectivity index (χ1n) is 7.88. The Kier molecular flexibility index (Phi) is 3.15. The highest BCUT2D eigenvalue weighted by molar-refractivity contribution is 5.80. The second kappa shape index (κ2) is 4.54. The molecular formula is C16H27NO. The van der Waals surface area contributed by atoms with Crippen LogP contribution in [-0.2, 0) is 4.79 Å². The SMILES string of the molecule is CC(C)CC1NC(=O)CC12CCCC(C1CC1)C2. The van der Waals surface area contributed by atoms with Gasteiger partial charge in [-0.15, -0.1) is 0 Å². The predicted octanol–water partition coefficient (Wildman–Crippen LogP) is 3.51. The number of carbonyl (C=O) groups is 1. The molecule has 3 rings (SSSR count). The van der Waals surface area contributed by atoms with Crippen molar-refractivity contribution >= 4 is 5.91 Å². The van der Waals surface area contributed by atoms with Crippen LogP contribution in [0.15, 0.2) is 0 Å². The minimum atomic E-state index is 0.317. The maximum Gasteiger partial charge on any atom is 0.220 e. The van der Waals surface area contributed by atoms with Gasteiger partial charge in [0, 0.05) is 12.5 Å². The lowest BCUT2D eigenvalue weighted by Crippen LogP contribution is -2.41. The van der Waals surface area contributed by atoms with E-state index in [1.807, 2.05) is 0 Å². The number of hydrogen-bond donors (Lipinski definition) is 1. The van der Waals surface area contributed by atoms with Gasteiger partial charge in [0.15, 0.2) is 0 Å². The van der Waals surface area contributed by atoms with Crippen LogP contribution < -0.4 is 5.32 Å². The summed E-state index contributed by atoms with van der Waals surface area (Å²) in [4.78, 5) is 11.9. The van der Waals surface area contributed by atoms with Crippen molar-refractivity contribution < 1.29 is 4.79 Å². The molecule has 3 unspecified atom stereocenters. The molecule has 0 bridgehead atoms. The molecule has 0 aromatic rings. The van der Waals surface area contributed by atoms with Gasteiger partial charge in [0.1, 0.15) is 0 Å². The van der Waals surface area contributed by atoms with E-state index in [0.29, 0.717) is 23.3 Å². The first-order valence-corrected chi connectivity index (χ1v) is 7.88. The number of carbonyl (C=O) groups excluding carboxylic acids is 1. The maximum atomic E-state index is 11.9. The maximum absolute atomic E-state index is 11.9. The summed E-state index contributed by atoms with van der Waals surface area (Å²) in [6.45, 7) is 4.55. The number of rotatable bonds is 3. The molecule has 1 N–H and O–H groups in total. The smallest absolute Gasteiger partial charge is 0.220 e. The summed E-state index contributed by atoms with van der Waals surface area (Å²) < 4.78 is 0. The molecule has 1 spiro atoms. The zero-order valence-electron chi connectivity index (χ0n) is 11.9. The summed E-state index contributed by atoms with van der Waals surface area (Å²) in [5, 5.41) is 3.29. The van der Waals surface area contributed by atoms with Gasteiger partial charge >= 0.3 is 0 Å². The van der Waals surface area contributed by atoms with Gasteiger partial charge in [0.25, 0.3) is 0 Å². The van der Waals surface area contributed by atoms with Crippen LogP contribution in [0, 0.1) is 23.2 Å². The van der Waals surface area contributed by atoms with Gasteiger partial charge in [-0.3, -0.25) is 4.79 Å². The van der Waals surface area contributed by atoms with Crippen LogP contribution in [0.25, 0.3) is 0 Å². The second-order valence-electron chi connectivity index (χ2n) is 7.48. The molecule has 2 heteroatoms. The molecule has 1 amide bonds. The van der Waals surface area contributed by atoms with Crippen molar-refractivity contribution in [2.45, 2.75) is 71.3 Å². The molecule has 3 aliphatic rings. The number of amides is 1. The Morgan fingerprint density at radius 1 is 1.28 bits per heavy atom. The third-order valence-corrected chi connectivity index (χ3v) is 5.50. The first kappa shape index (κ1) is 12.5. The van der Waals surface area contributed by atoms with E-state index in [2.05, 4.69) is 19.2 Å². The normalized spacial score (nSPS) is 40.5. The summed E-state index contributed by atoms with van der Waals surface area (Å²) in [6, 6.07) is 0.464. The van der Waals surface area contributed by atoms with E-state index < -0.39 is 0 Å². The molecule has 2 nitrogen and oxygen atoms in total.